The number of hydrogen-bond acceptors (Lipinski definition) is 1. The molecule has 0 N–H and O–H groups in total. The highest BCUT2D eigenvalue weighted by Gasteiger charge is 2.51. The van der Waals surface area contributed by atoms with E-state index in [4.69, 9.17) is 0 Å². The van der Waals surface area contributed by atoms with Gasteiger partial charge in [0.15, 0.2) is 0 Å². The molecule has 256 valence electrons. The summed E-state index contributed by atoms with van der Waals surface area (Å²) >= 11 is 0. The number of anilines is 3. The van der Waals surface area contributed by atoms with E-state index in [2.05, 4.69) is 122 Å². The van der Waals surface area contributed by atoms with Crippen molar-refractivity contribution in [3.8, 4) is 22.3 Å². The second-order valence-electron chi connectivity index (χ2n) is 18.2. The maximum absolute atomic E-state index is 2.55. The van der Waals surface area contributed by atoms with E-state index >= 15 is 0 Å². The average Bonchev–Trinajstić information content (AvgIpc) is 3.64. The molecule has 0 aromatic heterocycles. The van der Waals surface area contributed by atoms with Crippen LogP contribution in [0.4, 0.5) is 17.1 Å². The van der Waals surface area contributed by atoms with Crippen LogP contribution in [0.15, 0.2) is 103 Å². The molecule has 0 radical (unpaired) electrons. The highest BCUT2D eigenvalue weighted by Crippen LogP contribution is 2.61. The van der Waals surface area contributed by atoms with Crippen LogP contribution in [0.5, 0.6) is 0 Å². The summed E-state index contributed by atoms with van der Waals surface area (Å²) in [5.41, 5.74) is 19.0. The van der Waals surface area contributed by atoms with Crippen LogP contribution in [-0.4, -0.2) is 0 Å². The molecule has 5 fully saturated rings. The van der Waals surface area contributed by atoms with E-state index < -0.39 is 0 Å². The van der Waals surface area contributed by atoms with Gasteiger partial charge in [0, 0.05) is 22.5 Å². The molecule has 7 aliphatic carbocycles. The smallest absolute Gasteiger partial charge is 0.0465 e. The summed E-state index contributed by atoms with van der Waals surface area (Å²) in [6, 6.07) is 40.9. The van der Waals surface area contributed by atoms with E-state index in [-0.39, 0.29) is 5.41 Å². The monoisotopic (exact) mass is 665 g/mol. The van der Waals surface area contributed by atoms with Crippen LogP contribution in [0, 0.1) is 17.8 Å². The van der Waals surface area contributed by atoms with Gasteiger partial charge in [-0.15, -0.1) is 0 Å². The molecule has 1 nitrogen and oxygen atoms in total. The largest absolute Gasteiger partial charge is 0.310 e. The number of rotatable bonds is 5. The van der Waals surface area contributed by atoms with Crippen molar-refractivity contribution in [1.29, 1.82) is 0 Å². The van der Waals surface area contributed by atoms with Crippen LogP contribution in [0.3, 0.4) is 0 Å². The standard InChI is InChI=1S/C50H51N/c1-49(2)47-28-41(20-21-44(47)45-23-22-43-42-11-7-6-10-37(42)27-46(43)48(45)49)51(39-16-12-36(13-17-39)35-8-4-3-5-9-35)40-18-14-38(15-19-40)50-29-32-24-33(30-50)26-34(25-32)31-50/h6-7,10-23,28,32-35H,3-5,8-9,24-27,29-31H2,1-2H3. The first-order chi connectivity index (χ1) is 24.9. The van der Waals surface area contributed by atoms with E-state index in [0.29, 0.717) is 11.3 Å². The summed E-state index contributed by atoms with van der Waals surface area (Å²) in [5, 5.41) is 0. The lowest BCUT2D eigenvalue weighted by molar-refractivity contribution is -0.00518. The van der Waals surface area contributed by atoms with Gasteiger partial charge < -0.3 is 4.90 Å². The van der Waals surface area contributed by atoms with Crippen molar-refractivity contribution >= 4 is 17.1 Å². The van der Waals surface area contributed by atoms with Gasteiger partial charge in [0.2, 0.25) is 0 Å². The van der Waals surface area contributed by atoms with E-state index in [1.165, 1.54) is 138 Å². The van der Waals surface area contributed by atoms with E-state index in [9.17, 15) is 0 Å². The summed E-state index contributed by atoms with van der Waals surface area (Å²) in [5.74, 6) is 3.60. The Balaban J connectivity index is 0.994. The molecule has 5 aromatic rings. The molecule has 1 heteroatoms. The van der Waals surface area contributed by atoms with Crippen molar-refractivity contribution in [2.45, 2.75) is 108 Å². The molecule has 0 amide bonds. The second-order valence-corrected chi connectivity index (χ2v) is 18.2. The zero-order valence-corrected chi connectivity index (χ0v) is 30.6. The third kappa shape index (κ3) is 4.65. The third-order valence-corrected chi connectivity index (χ3v) is 14.8. The Morgan fingerprint density at radius 1 is 0.569 bits per heavy atom. The summed E-state index contributed by atoms with van der Waals surface area (Å²) < 4.78 is 0. The Morgan fingerprint density at radius 2 is 1.18 bits per heavy atom. The molecular formula is C50H51N. The molecule has 12 rings (SSSR count). The second kappa shape index (κ2) is 11.2. The van der Waals surface area contributed by atoms with Crippen LogP contribution in [0.2, 0.25) is 0 Å². The predicted molar refractivity (Wildman–Crippen MR) is 213 cm³/mol. The van der Waals surface area contributed by atoms with Gasteiger partial charge in [-0.2, -0.15) is 0 Å². The maximum atomic E-state index is 2.55. The van der Waals surface area contributed by atoms with Crippen molar-refractivity contribution in [2.24, 2.45) is 17.8 Å². The molecule has 0 aliphatic heterocycles. The van der Waals surface area contributed by atoms with Gasteiger partial charge in [-0.3, -0.25) is 0 Å². The summed E-state index contributed by atoms with van der Waals surface area (Å²) in [7, 11) is 0. The van der Waals surface area contributed by atoms with Crippen molar-refractivity contribution in [2.75, 3.05) is 4.90 Å². The van der Waals surface area contributed by atoms with Gasteiger partial charge in [-0.1, -0.05) is 99.8 Å². The zero-order chi connectivity index (χ0) is 33.9. The Hall–Kier alpha value is -4.10. The number of nitrogens with zero attached hydrogens (tertiary/aromatic N) is 1. The summed E-state index contributed by atoms with van der Waals surface area (Å²) in [6.45, 7) is 4.93. The molecule has 4 bridgehead atoms. The Bertz CT molecular complexity index is 2120. The van der Waals surface area contributed by atoms with Crippen LogP contribution >= 0.6 is 0 Å². The quantitative estimate of drug-likeness (QED) is 0.177. The lowest BCUT2D eigenvalue weighted by atomic mass is 9.48. The van der Waals surface area contributed by atoms with Gasteiger partial charge >= 0.3 is 0 Å². The van der Waals surface area contributed by atoms with Crippen LogP contribution < -0.4 is 4.90 Å². The molecule has 51 heavy (non-hydrogen) atoms. The van der Waals surface area contributed by atoms with Crippen molar-refractivity contribution < 1.29 is 0 Å². The van der Waals surface area contributed by atoms with Crippen LogP contribution in [0.25, 0.3) is 22.3 Å². The minimum absolute atomic E-state index is 0.0765. The van der Waals surface area contributed by atoms with Crippen LogP contribution in [-0.2, 0) is 17.3 Å². The molecule has 0 spiro atoms. The molecule has 0 unspecified atom stereocenters. The van der Waals surface area contributed by atoms with E-state index in [1.807, 2.05) is 0 Å². The normalized spacial score (nSPS) is 26.4. The van der Waals surface area contributed by atoms with Crippen LogP contribution in [0.1, 0.15) is 124 Å². The van der Waals surface area contributed by atoms with E-state index in [1.54, 1.807) is 5.56 Å². The molecule has 5 aromatic carbocycles. The molecular weight excluding hydrogens is 615 g/mol. The highest BCUT2D eigenvalue weighted by atomic mass is 15.1. The van der Waals surface area contributed by atoms with Crippen molar-refractivity contribution in [1.82, 2.24) is 0 Å². The first-order valence-electron chi connectivity index (χ1n) is 20.3. The fourth-order valence-electron chi connectivity index (χ4n) is 12.9. The number of hydrogen-bond donors (Lipinski definition) is 0. The molecule has 0 saturated heterocycles. The molecule has 7 aliphatic rings. The zero-order valence-electron chi connectivity index (χ0n) is 30.6. The first-order valence-corrected chi connectivity index (χ1v) is 20.3. The summed E-state index contributed by atoms with van der Waals surface area (Å²) in [4.78, 5) is 2.55. The molecule has 0 heterocycles. The Labute approximate surface area is 305 Å². The van der Waals surface area contributed by atoms with Gasteiger partial charge in [-0.05, 0) is 179 Å². The Morgan fingerprint density at radius 3 is 1.88 bits per heavy atom. The lowest BCUT2D eigenvalue weighted by Crippen LogP contribution is -2.48. The number of fused-ring (bicyclic) bond motifs is 7. The Kier molecular flexibility index (Phi) is 6.70. The fraction of sp³-hybridized carbons (Fsp3) is 0.400. The summed E-state index contributed by atoms with van der Waals surface area (Å²) in [6.07, 6.45) is 16.6. The maximum Gasteiger partial charge on any atom is 0.0465 e. The van der Waals surface area contributed by atoms with Gasteiger partial charge in [0.1, 0.15) is 0 Å². The lowest BCUT2D eigenvalue weighted by Gasteiger charge is -2.57. The average molecular weight is 666 g/mol. The van der Waals surface area contributed by atoms with Gasteiger partial charge in [0.05, 0.1) is 0 Å². The van der Waals surface area contributed by atoms with Crippen molar-refractivity contribution in [3.05, 3.63) is 137 Å². The fourth-order valence-corrected chi connectivity index (χ4v) is 12.9. The SMILES string of the molecule is CC1(C)c2cc(N(c3ccc(C4CCCCC4)cc3)c3ccc(C45CC6CC(CC(C6)C4)C5)cc3)ccc2-c2ccc3c(c21)Cc1ccccc1-3. The molecule has 0 atom stereocenters. The van der Waals surface area contributed by atoms with Crippen molar-refractivity contribution in [3.63, 3.8) is 0 Å². The molecule has 5 saturated carbocycles. The van der Waals surface area contributed by atoms with E-state index in [0.717, 1.165) is 24.2 Å². The first kappa shape index (κ1) is 30.5. The topological polar surface area (TPSA) is 3.24 Å². The minimum atomic E-state index is -0.0765. The highest BCUT2D eigenvalue weighted by molar-refractivity contribution is 5.91. The number of benzene rings is 5. The van der Waals surface area contributed by atoms with Gasteiger partial charge in [-0.25, -0.2) is 0 Å². The third-order valence-electron chi connectivity index (χ3n) is 14.8. The minimum Gasteiger partial charge on any atom is -0.310 e. The predicted octanol–water partition coefficient (Wildman–Crippen LogP) is 13.5. The van der Waals surface area contributed by atoms with Gasteiger partial charge in [0.25, 0.3) is 0 Å².